The van der Waals surface area contributed by atoms with Gasteiger partial charge in [0.1, 0.15) is 6.10 Å². The fraction of sp³-hybridized carbons (Fsp3) is 0.200. The monoisotopic (exact) mass is 462 g/mol. The number of fused-ring (bicyclic) bond motifs is 1. The fourth-order valence-electron chi connectivity index (χ4n) is 2.63. The molecule has 0 fully saturated rings. The number of rotatable bonds is 5. The van der Waals surface area contributed by atoms with Crippen LogP contribution < -0.4 is 0 Å². The van der Waals surface area contributed by atoms with Crippen molar-refractivity contribution in [2.75, 3.05) is 14.1 Å². The lowest BCUT2D eigenvalue weighted by Gasteiger charge is -2.16. The van der Waals surface area contributed by atoms with Crippen LogP contribution in [0.15, 0.2) is 64.1 Å². The molecule has 0 saturated carbocycles. The quantitative estimate of drug-likeness (QED) is 0.531. The summed E-state index contributed by atoms with van der Waals surface area (Å²) in [4.78, 5) is 17.0. The molecule has 1 atom stereocenters. The van der Waals surface area contributed by atoms with Gasteiger partial charge in [-0.2, -0.15) is 0 Å². The molecule has 1 aromatic heterocycles. The lowest BCUT2D eigenvalue weighted by Crippen LogP contribution is -2.23. The molecule has 0 saturated heterocycles. The smallest absolute Gasteiger partial charge is 0.338 e. The van der Waals surface area contributed by atoms with E-state index in [0.717, 1.165) is 20.8 Å². The second kappa shape index (κ2) is 7.98. The van der Waals surface area contributed by atoms with Crippen molar-refractivity contribution >= 4 is 42.8 Å². The number of ether oxygens (including phenoxy) is 1. The van der Waals surface area contributed by atoms with Gasteiger partial charge in [0.25, 0.3) is 0 Å². The molecule has 0 amide bonds. The van der Waals surface area contributed by atoms with E-state index in [1.54, 1.807) is 13.1 Å². The molecule has 1 heterocycles. The maximum atomic E-state index is 12.6. The van der Waals surface area contributed by atoms with Crippen molar-refractivity contribution in [2.24, 2.45) is 0 Å². The first-order chi connectivity index (χ1) is 13.2. The summed E-state index contributed by atoms with van der Waals surface area (Å²) in [6, 6.07) is 13.9. The van der Waals surface area contributed by atoms with Crippen LogP contribution in [0.2, 0.25) is 0 Å². The van der Waals surface area contributed by atoms with Gasteiger partial charge in [-0.15, -0.1) is 0 Å². The SMILES string of the molecule is CC(OC(=O)c1ccc(Br)c(S(=O)(=O)N(C)C)c1)c1cnc2ccccc2c1. The topological polar surface area (TPSA) is 76.6 Å². The highest BCUT2D eigenvalue weighted by Gasteiger charge is 2.23. The summed E-state index contributed by atoms with van der Waals surface area (Å²) in [7, 11) is -0.836. The molecule has 1 unspecified atom stereocenters. The first-order valence-electron chi connectivity index (χ1n) is 8.48. The summed E-state index contributed by atoms with van der Waals surface area (Å²) < 4.78 is 31.9. The Hall–Kier alpha value is -2.29. The average molecular weight is 463 g/mol. The third-order valence-corrected chi connectivity index (χ3v) is 7.10. The number of hydrogen-bond acceptors (Lipinski definition) is 5. The maximum Gasteiger partial charge on any atom is 0.338 e. The Morgan fingerprint density at radius 3 is 2.57 bits per heavy atom. The molecule has 3 aromatic rings. The predicted octanol–water partition coefficient (Wildman–Crippen LogP) is 4.17. The Morgan fingerprint density at radius 1 is 1.14 bits per heavy atom. The minimum Gasteiger partial charge on any atom is -0.454 e. The molecule has 2 aromatic carbocycles. The van der Waals surface area contributed by atoms with E-state index in [1.807, 2.05) is 30.3 Å². The predicted molar refractivity (Wildman–Crippen MR) is 111 cm³/mol. The van der Waals surface area contributed by atoms with Gasteiger partial charge in [0, 0.05) is 35.7 Å². The zero-order valence-electron chi connectivity index (χ0n) is 15.6. The normalized spacial score (nSPS) is 12.9. The molecule has 6 nitrogen and oxygen atoms in total. The standard InChI is InChI=1S/C20H19BrN2O4S/c1-13(16-10-14-6-4-5-7-18(14)22-12-16)27-20(24)15-8-9-17(21)19(11-15)28(25,26)23(2)3/h4-13H,1-3H3. The van der Waals surface area contributed by atoms with Crippen LogP contribution >= 0.6 is 15.9 Å². The van der Waals surface area contributed by atoms with Crippen LogP contribution in [-0.2, 0) is 14.8 Å². The molecule has 0 N–H and O–H groups in total. The Kier molecular flexibility index (Phi) is 5.83. The number of sulfonamides is 1. The number of benzene rings is 2. The number of carbonyl (C=O) groups excluding carboxylic acids is 1. The van der Waals surface area contributed by atoms with Gasteiger partial charge in [-0.1, -0.05) is 18.2 Å². The van der Waals surface area contributed by atoms with E-state index < -0.39 is 22.1 Å². The van der Waals surface area contributed by atoms with Gasteiger partial charge in [-0.25, -0.2) is 17.5 Å². The van der Waals surface area contributed by atoms with Crippen molar-refractivity contribution in [1.29, 1.82) is 0 Å². The Labute approximate surface area is 172 Å². The van der Waals surface area contributed by atoms with E-state index >= 15 is 0 Å². The van der Waals surface area contributed by atoms with E-state index in [2.05, 4.69) is 20.9 Å². The van der Waals surface area contributed by atoms with Crippen molar-refractivity contribution in [3.8, 4) is 0 Å². The molecule has 0 spiro atoms. The molecular formula is C20H19BrN2O4S. The van der Waals surface area contributed by atoms with Gasteiger partial charge >= 0.3 is 5.97 Å². The second-order valence-corrected chi connectivity index (χ2v) is 9.42. The van der Waals surface area contributed by atoms with Crippen LogP contribution in [0.4, 0.5) is 0 Å². The number of hydrogen-bond donors (Lipinski definition) is 0. The van der Waals surface area contributed by atoms with Crippen molar-refractivity contribution in [3.05, 3.63) is 70.3 Å². The number of nitrogens with zero attached hydrogens (tertiary/aromatic N) is 2. The van der Waals surface area contributed by atoms with E-state index in [1.165, 1.54) is 32.3 Å². The van der Waals surface area contributed by atoms with E-state index in [9.17, 15) is 13.2 Å². The summed E-state index contributed by atoms with van der Waals surface area (Å²) >= 11 is 3.23. The number of para-hydroxylation sites is 1. The summed E-state index contributed by atoms with van der Waals surface area (Å²) in [6.45, 7) is 1.75. The van der Waals surface area contributed by atoms with Gasteiger partial charge in [0.2, 0.25) is 10.0 Å². The first kappa shape index (κ1) is 20.4. The molecule has 28 heavy (non-hydrogen) atoms. The second-order valence-electron chi connectivity index (χ2n) is 6.44. The van der Waals surface area contributed by atoms with Crippen LogP contribution in [0.1, 0.15) is 28.9 Å². The number of halogens is 1. The van der Waals surface area contributed by atoms with Gasteiger partial charge < -0.3 is 4.74 Å². The van der Waals surface area contributed by atoms with Crippen LogP contribution in [0.25, 0.3) is 10.9 Å². The minimum absolute atomic E-state index is 0.00646. The zero-order valence-corrected chi connectivity index (χ0v) is 18.0. The molecule has 0 radical (unpaired) electrons. The largest absolute Gasteiger partial charge is 0.454 e. The van der Waals surface area contributed by atoms with Crippen LogP contribution in [0.5, 0.6) is 0 Å². The molecule has 0 bridgehead atoms. The van der Waals surface area contributed by atoms with E-state index in [4.69, 9.17) is 4.74 Å². The number of esters is 1. The van der Waals surface area contributed by atoms with Crippen molar-refractivity contribution < 1.29 is 17.9 Å². The van der Waals surface area contributed by atoms with E-state index in [-0.39, 0.29) is 10.5 Å². The molecule has 0 aliphatic heterocycles. The average Bonchev–Trinajstić information content (AvgIpc) is 2.67. The van der Waals surface area contributed by atoms with Crippen LogP contribution in [-0.4, -0.2) is 37.8 Å². The number of pyridine rings is 1. The Morgan fingerprint density at radius 2 is 1.86 bits per heavy atom. The van der Waals surface area contributed by atoms with Crippen LogP contribution in [0.3, 0.4) is 0 Å². The summed E-state index contributed by atoms with van der Waals surface area (Å²) in [6.07, 6.45) is 1.13. The third kappa shape index (κ3) is 4.09. The fourth-order valence-corrected chi connectivity index (χ4v) is 4.48. The highest BCUT2D eigenvalue weighted by Crippen LogP contribution is 2.27. The third-order valence-electron chi connectivity index (χ3n) is 4.29. The number of aromatic nitrogens is 1. The van der Waals surface area contributed by atoms with Gasteiger partial charge in [0.15, 0.2) is 0 Å². The highest BCUT2D eigenvalue weighted by molar-refractivity contribution is 9.10. The molecule has 3 rings (SSSR count). The van der Waals surface area contributed by atoms with Crippen molar-refractivity contribution in [2.45, 2.75) is 17.9 Å². The molecule has 0 aliphatic carbocycles. The summed E-state index contributed by atoms with van der Waals surface area (Å²) in [5, 5.41) is 0.950. The summed E-state index contributed by atoms with van der Waals surface area (Å²) in [5.41, 5.74) is 1.77. The van der Waals surface area contributed by atoms with E-state index in [0.29, 0.717) is 4.47 Å². The molecule has 0 aliphatic rings. The number of carbonyl (C=O) groups is 1. The Balaban J connectivity index is 1.86. The van der Waals surface area contributed by atoms with Crippen LogP contribution in [0, 0.1) is 0 Å². The van der Waals surface area contributed by atoms with Gasteiger partial charge in [-0.3, -0.25) is 4.98 Å². The maximum absolute atomic E-state index is 12.6. The van der Waals surface area contributed by atoms with Gasteiger partial charge in [-0.05, 0) is 53.2 Å². The first-order valence-corrected chi connectivity index (χ1v) is 10.7. The van der Waals surface area contributed by atoms with Gasteiger partial charge in [0.05, 0.1) is 16.0 Å². The lowest BCUT2D eigenvalue weighted by atomic mass is 10.1. The summed E-state index contributed by atoms with van der Waals surface area (Å²) in [5.74, 6) is -0.608. The zero-order chi connectivity index (χ0) is 20.5. The minimum atomic E-state index is -3.70. The van der Waals surface area contributed by atoms with Crippen molar-refractivity contribution in [3.63, 3.8) is 0 Å². The Bertz CT molecular complexity index is 1150. The molecular weight excluding hydrogens is 444 g/mol. The molecule has 8 heteroatoms. The lowest BCUT2D eigenvalue weighted by molar-refractivity contribution is 0.0337. The highest BCUT2D eigenvalue weighted by atomic mass is 79.9. The van der Waals surface area contributed by atoms with Crippen molar-refractivity contribution in [1.82, 2.24) is 9.29 Å². The molecule has 146 valence electrons.